The lowest BCUT2D eigenvalue weighted by atomic mass is 10.2. The quantitative estimate of drug-likeness (QED) is 0.132. The van der Waals surface area contributed by atoms with Gasteiger partial charge in [0.05, 0.1) is 13.2 Å². The molecule has 1 amide bonds. The summed E-state index contributed by atoms with van der Waals surface area (Å²) in [6, 6.07) is -0.967. The zero-order valence-corrected chi connectivity index (χ0v) is 13.7. The molecule has 138 valence electrons. The summed E-state index contributed by atoms with van der Waals surface area (Å²) in [5.74, 6) is -1.78. The molecular formula is C13H24N4O7. The average Bonchev–Trinajstić information content (AvgIpc) is 2.51. The summed E-state index contributed by atoms with van der Waals surface area (Å²) in [6.07, 6.45) is -0.112. The molecule has 0 aromatic carbocycles. The maximum atomic E-state index is 11.4. The highest BCUT2D eigenvalue weighted by Gasteiger charge is 2.12. The zero-order chi connectivity index (χ0) is 18.4. The molecular weight excluding hydrogens is 324 g/mol. The van der Waals surface area contributed by atoms with Gasteiger partial charge in [0.2, 0.25) is 12.6 Å². The number of nitrogens with one attached hydrogen (secondary N) is 2. The van der Waals surface area contributed by atoms with Gasteiger partial charge in [0.25, 0.3) is 0 Å². The van der Waals surface area contributed by atoms with E-state index in [1.165, 1.54) is 0 Å². The van der Waals surface area contributed by atoms with Crippen LogP contribution in [-0.4, -0.2) is 61.5 Å². The van der Waals surface area contributed by atoms with Crippen LogP contribution in [0, 0.1) is 0 Å². The van der Waals surface area contributed by atoms with Crippen molar-refractivity contribution in [3.8, 4) is 0 Å². The number of rotatable bonds is 10. The number of hydrogen-bond donors (Lipinski definition) is 4. The Morgan fingerprint density at radius 3 is 2.46 bits per heavy atom. The van der Waals surface area contributed by atoms with E-state index in [0.29, 0.717) is 6.42 Å². The molecule has 5 N–H and O–H groups in total. The third-order valence-electron chi connectivity index (χ3n) is 2.44. The zero-order valence-electron chi connectivity index (χ0n) is 13.7. The van der Waals surface area contributed by atoms with Gasteiger partial charge in [0, 0.05) is 6.54 Å². The van der Waals surface area contributed by atoms with Crippen molar-refractivity contribution in [3.05, 3.63) is 0 Å². The van der Waals surface area contributed by atoms with E-state index in [9.17, 15) is 14.4 Å². The summed E-state index contributed by atoms with van der Waals surface area (Å²) in [6.45, 7) is 3.51. The number of oxime groups is 1. The van der Waals surface area contributed by atoms with Gasteiger partial charge in [-0.25, -0.2) is 9.59 Å². The third-order valence-corrected chi connectivity index (χ3v) is 2.44. The lowest BCUT2D eigenvalue weighted by Gasteiger charge is -2.11. The molecule has 0 rings (SSSR count). The maximum Gasteiger partial charge on any atom is 0.414 e. The molecule has 1 atom stereocenters. The van der Waals surface area contributed by atoms with Crippen LogP contribution >= 0.6 is 0 Å². The van der Waals surface area contributed by atoms with E-state index < -0.39 is 30.7 Å². The van der Waals surface area contributed by atoms with Crippen molar-refractivity contribution in [2.75, 3.05) is 26.4 Å². The van der Waals surface area contributed by atoms with Crippen LogP contribution in [0.3, 0.4) is 0 Å². The maximum absolute atomic E-state index is 11.4. The topological polar surface area (TPSA) is 162 Å². The highest BCUT2D eigenvalue weighted by Crippen LogP contribution is 1.93. The number of ether oxygens (including phenoxy) is 2. The SMILES string of the molecule is CCOC(=O)CO/N=C(/NCCCC(N)C(=O)O)NC(=O)OCC. The van der Waals surface area contributed by atoms with Crippen molar-refractivity contribution in [1.29, 1.82) is 0 Å². The summed E-state index contributed by atoms with van der Waals surface area (Å²) in [5, 5.41) is 17.2. The molecule has 0 aromatic heterocycles. The Kier molecular flexibility index (Phi) is 11.6. The van der Waals surface area contributed by atoms with E-state index in [0.717, 1.165) is 0 Å². The fourth-order valence-electron chi connectivity index (χ4n) is 1.37. The highest BCUT2D eigenvalue weighted by molar-refractivity contribution is 5.93. The number of carboxylic acids is 1. The van der Waals surface area contributed by atoms with E-state index in [1.54, 1.807) is 13.8 Å². The van der Waals surface area contributed by atoms with Crippen LogP contribution in [0.1, 0.15) is 26.7 Å². The molecule has 11 nitrogen and oxygen atoms in total. The first kappa shape index (κ1) is 21.4. The Morgan fingerprint density at radius 1 is 1.21 bits per heavy atom. The van der Waals surface area contributed by atoms with Crippen molar-refractivity contribution in [2.24, 2.45) is 10.9 Å². The number of carbonyl (C=O) groups is 3. The summed E-state index contributed by atoms with van der Waals surface area (Å²) in [7, 11) is 0. The number of amides is 1. The number of carbonyl (C=O) groups excluding carboxylic acids is 2. The van der Waals surface area contributed by atoms with E-state index in [4.69, 9.17) is 20.4 Å². The largest absolute Gasteiger partial charge is 0.480 e. The van der Waals surface area contributed by atoms with Gasteiger partial charge in [-0.05, 0) is 31.8 Å². The number of nitrogens with zero attached hydrogens (tertiary/aromatic N) is 1. The van der Waals surface area contributed by atoms with Crippen molar-refractivity contribution < 1.29 is 33.8 Å². The number of alkyl carbamates (subject to hydrolysis) is 1. The number of nitrogens with two attached hydrogens (primary N) is 1. The molecule has 0 radical (unpaired) electrons. The molecule has 0 aliphatic rings. The van der Waals surface area contributed by atoms with E-state index in [-0.39, 0.29) is 32.1 Å². The Balaban J connectivity index is 4.38. The van der Waals surface area contributed by atoms with Crippen LogP contribution in [-0.2, 0) is 23.9 Å². The van der Waals surface area contributed by atoms with E-state index >= 15 is 0 Å². The molecule has 0 heterocycles. The first-order valence-corrected chi connectivity index (χ1v) is 7.42. The first-order chi connectivity index (χ1) is 11.4. The Hall–Kier alpha value is -2.56. The number of guanidine groups is 1. The van der Waals surface area contributed by atoms with Crippen LogP contribution in [0.2, 0.25) is 0 Å². The molecule has 1 unspecified atom stereocenters. The smallest absolute Gasteiger partial charge is 0.414 e. The lowest BCUT2D eigenvalue weighted by Crippen LogP contribution is -2.42. The van der Waals surface area contributed by atoms with Gasteiger partial charge >= 0.3 is 18.0 Å². The van der Waals surface area contributed by atoms with Crippen molar-refractivity contribution in [1.82, 2.24) is 10.6 Å². The van der Waals surface area contributed by atoms with Gasteiger partial charge in [-0.2, -0.15) is 0 Å². The minimum Gasteiger partial charge on any atom is -0.480 e. The molecule has 0 spiro atoms. The van der Waals surface area contributed by atoms with Gasteiger partial charge in [0.15, 0.2) is 0 Å². The third kappa shape index (κ3) is 11.1. The van der Waals surface area contributed by atoms with Gasteiger partial charge in [0.1, 0.15) is 6.04 Å². The van der Waals surface area contributed by atoms with Crippen LogP contribution in [0.25, 0.3) is 0 Å². The molecule has 11 heteroatoms. The molecule has 0 bridgehead atoms. The Bertz CT molecular complexity index is 442. The number of esters is 1. The fourth-order valence-corrected chi connectivity index (χ4v) is 1.37. The second kappa shape index (κ2) is 12.9. The Morgan fingerprint density at radius 2 is 1.88 bits per heavy atom. The van der Waals surface area contributed by atoms with Crippen LogP contribution < -0.4 is 16.4 Å². The normalized spacial score (nSPS) is 12.0. The first-order valence-electron chi connectivity index (χ1n) is 7.42. The van der Waals surface area contributed by atoms with Gasteiger partial charge in [-0.3, -0.25) is 10.1 Å². The summed E-state index contributed by atoms with van der Waals surface area (Å²) in [5.41, 5.74) is 5.37. The number of hydrogen-bond acceptors (Lipinski definition) is 8. The number of carboxylic acid groups (broad SMARTS) is 1. The molecule has 0 saturated carbocycles. The number of aliphatic carboxylic acids is 1. The average molecular weight is 348 g/mol. The molecule has 24 heavy (non-hydrogen) atoms. The molecule has 0 aromatic rings. The van der Waals surface area contributed by atoms with E-state index in [1.807, 2.05) is 0 Å². The van der Waals surface area contributed by atoms with Crippen molar-refractivity contribution >= 4 is 24.0 Å². The van der Waals surface area contributed by atoms with Crippen LogP contribution in [0.4, 0.5) is 4.79 Å². The second-order valence-corrected chi connectivity index (χ2v) is 4.38. The van der Waals surface area contributed by atoms with Gasteiger partial charge in [-0.1, -0.05) is 0 Å². The minimum atomic E-state index is -1.09. The van der Waals surface area contributed by atoms with Gasteiger partial charge < -0.3 is 30.5 Å². The molecule has 0 fully saturated rings. The standard InChI is InChI=1S/C13H24N4O7/c1-3-22-10(18)8-24-17-12(16-13(21)23-4-2)15-7-5-6-9(14)11(19)20/h9H,3-8,14H2,1-2H3,(H,19,20)(H2,15,16,17,21). The predicted molar refractivity (Wildman–Crippen MR) is 83.0 cm³/mol. The van der Waals surface area contributed by atoms with Crippen LogP contribution in [0.15, 0.2) is 5.16 Å². The fraction of sp³-hybridized carbons (Fsp3) is 0.692. The van der Waals surface area contributed by atoms with Crippen molar-refractivity contribution in [2.45, 2.75) is 32.7 Å². The minimum absolute atomic E-state index is 0.0818. The van der Waals surface area contributed by atoms with Crippen LogP contribution in [0.5, 0.6) is 0 Å². The molecule has 0 aliphatic heterocycles. The Labute approximate surface area is 139 Å². The summed E-state index contributed by atoms with van der Waals surface area (Å²) < 4.78 is 9.35. The summed E-state index contributed by atoms with van der Waals surface area (Å²) >= 11 is 0. The lowest BCUT2D eigenvalue weighted by molar-refractivity contribution is -0.148. The predicted octanol–water partition coefficient (Wildman–Crippen LogP) is -0.635. The highest BCUT2D eigenvalue weighted by atomic mass is 16.7. The van der Waals surface area contributed by atoms with Gasteiger partial charge in [-0.15, -0.1) is 0 Å². The monoisotopic (exact) mass is 348 g/mol. The van der Waals surface area contributed by atoms with E-state index in [2.05, 4.69) is 20.5 Å². The second-order valence-electron chi connectivity index (χ2n) is 4.38. The molecule has 0 saturated heterocycles. The molecule has 0 aliphatic carbocycles. The summed E-state index contributed by atoms with van der Waals surface area (Å²) in [4.78, 5) is 37.9. The van der Waals surface area contributed by atoms with Crippen molar-refractivity contribution in [3.63, 3.8) is 0 Å².